The minimum Gasteiger partial charge on any atom is -0.453 e. The number of benzene rings is 7. The van der Waals surface area contributed by atoms with Gasteiger partial charge < -0.3 is 14.5 Å². The number of thiophene rings is 1. The van der Waals surface area contributed by atoms with E-state index in [1.165, 1.54) is 70.5 Å². The van der Waals surface area contributed by atoms with Gasteiger partial charge >= 0.3 is 0 Å². The molecule has 4 heteroatoms. The molecule has 53 heavy (non-hydrogen) atoms. The van der Waals surface area contributed by atoms with E-state index in [2.05, 4.69) is 184 Å². The first-order valence-electron chi connectivity index (χ1n) is 18.5. The fraction of sp³-hybridized carbons (Fsp3) is 0.143. The lowest BCUT2D eigenvalue weighted by Crippen LogP contribution is -2.33. The fourth-order valence-electron chi connectivity index (χ4n) is 9.49. The lowest BCUT2D eigenvalue weighted by atomic mass is 9.73. The van der Waals surface area contributed by atoms with Gasteiger partial charge in [-0.25, -0.2) is 0 Å². The van der Waals surface area contributed by atoms with Crippen molar-refractivity contribution in [1.29, 1.82) is 0 Å². The van der Waals surface area contributed by atoms with Crippen molar-refractivity contribution >= 4 is 65.6 Å². The Morgan fingerprint density at radius 1 is 0.547 bits per heavy atom. The fourth-order valence-corrected chi connectivity index (χ4v) is 10.7. The molecule has 0 bridgehead atoms. The van der Waals surface area contributed by atoms with E-state index in [0.717, 1.165) is 34.2 Å². The Balaban J connectivity index is 1.21. The second-order valence-electron chi connectivity index (χ2n) is 15.8. The number of para-hydroxylation sites is 2. The number of aryl methyl sites for hydroxylation is 1. The third-order valence-corrected chi connectivity index (χ3v) is 13.3. The monoisotopic (exact) mass is 702 g/mol. The van der Waals surface area contributed by atoms with Crippen LogP contribution in [0.3, 0.4) is 0 Å². The summed E-state index contributed by atoms with van der Waals surface area (Å²) < 4.78 is 9.57. The van der Waals surface area contributed by atoms with Crippen LogP contribution in [0.4, 0.5) is 34.1 Å². The van der Waals surface area contributed by atoms with Crippen molar-refractivity contribution in [3.8, 4) is 22.6 Å². The van der Waals surface area contributed by atoms with Gasteiger partial charge in [0.1, 0.15) is 0 Å². The summed E-state index contributed by atoms with van der Waals surface area (Å²) in [4.78, 5) is 4.94. The zero-order valence-corrected chi connectivity index (χ0v) is 31.3. The van der Waals surface area contributed by atoms with E-state index in [0.29, 0.717) is 0 Å². The highest BCUT2D eigenvalue weighted by molar-refractivity contribution is 7.26. The first kappa shape index (κ1) is 30.8. The van der Waals surface area contributed by atoms with Gasteiger partial charge in [0, 0.05) is 38.1 Å². The molecule has 1 aromatic heterocycles. The second-order valence-corrected chi connectivity index (χ2v) is 16.9. The summed E-state index contributed by atoms with van der Waals surface area (Å²) in [6.07, 6.45) is 0. The predicted octanol–water partition coefficient (Wildman–Crippen LogP) is 14.4. The van der Waals surface area contributed by atoms with Crippen molar-refractivity contribution in [2.24, 2.45) is 0 Å². The van der Waals surface area contributed by atoms with Crippen LogP contribution in [-0.4, -0.2) is 0 Å². The maximum atomic E-state index is 7.00. The van der Waals surface area contributed by atoms with Crippen LogP contribution in [0.1, 0.15) is 55.5 Å². The van der Waals surface area contributed by atoms with Crippen molar-refractivity contribution in [1.82, 2.24) is 0 Å². The van der Waals surface area contributed by atoms with Gasteiger partial charge in [0.15, 0.2) is 11.5 Å². The Labute approximate surface area is 314 Å². The second kappa shape index (κ2) is 10.6. The molecule has 1 aliphatic carbocycles. The van der Waals surface area contributed by atoms with Crippen LogP contribution in [0.25, 0.3) is 31.3 Å². The van der Waals surface area contributed by atoms with Crippen LogP contribution in [0.15, 0.2) is 140 Å². The van der Waals surface area contributed by atoms with E-state index in [4.69, 9.17) is 4.74 Å². The van der Waals surface area contributed by atoms with Gasteiger partial charge in [0.05, 0.1) is 33.1 Å². The molecule has 3 nitrogen and oxygen atoms in total. The molecule has 8 aromatic rings. The molecular weight excluding hydrogens is 665 g/mol. The average molecular weight is 703 g/mol. The highest BCUT2D eigenvalue weighted by atomic mass is 32.1. The predicted molar refractivity (Wildman–Crippen MR) is 223 cm³/mol. The number of fused-ring (bicyclic) bond motifs is 10. The standard InChI is InChI=1S/C49H38N2OS/c1-29-14-12-22-42-45(29)51-40-20-10-9-19-37(40)49(4,5)39-27-31(28-43(52-42)46(39)51)50(41-21-13-17-35-34-16-7-11-23-44(34)53-47(35)41)30-24-25-33-32-15-6-8-18-36(32)48(2,3)38(33)26-30/h6-28H,1-5H3. The molecule has 0 amide bonds. The molecule has 3 heterocycles. The number of nitrogens with zero attached hydrogens (tertiary/aromatic N) is 2. The summed E-state index contributed by atoms with van der Waals surface area (Å²) >= 11 is 1.87. The molecule has 0 radical (unpaired) electrons. The van der Waals surface area contributed by atoms with Gasteiger partial charge in [0.2, 0.25) is 0 Å². The Hall–Kier alpha value is -5.84. The van der Waals surface area contributed by atoms with Gasteiger partial charge in [-0.2, -0.15) is 0 Å². The molecule has 7 aromatic carbocycles. The normalized spacial score (nSPS) is 15.3. The van der Waals surface area contributed by atoms with E-state index < -0.39 is 0 Å². The van der Waals surface area contributed by atoms with E-state index in [9.17, 15) is 0 Å². The van der Waals surface area contributed by atoms with Gasteiger partial charge in [-0.05, 0) is 88.3 Å². The molecule has 0 unspecified atom stereocenters. The molecular formula is C49H38N2OS. The number of rotatable bonds is 3. The van der Waals surface area contributed by atoms with Crippen LogP contribution in [0.5, 0.6) is 11.5 Å². The van der Waals surface area contributed by atoms with Crippen LogP contribution in [-0.2, 0) is 10.8 Å². The van der Waals surface area contributed by atoms with Crippen LogP contribution >= 0.6 is 11.3 Å². The maximum Gasteiger partial charge on any atom is 0.153 e. The van der Waals surface area contributed by atoms with E-state index in [1.54, 1.807) is 0 Å². The van der Waals surface area contributed by atoms with Gasteiger partial charge in [-0.15, -0.1) is 11.3 Å². The van der Waals surface area contributed by atoms with Crippen molar-refractivity contribution < 1.29 is 4.74 Å². The number of anilines is 6. The van der Waals surface area contributed by atoms with E-state index >= 15 is 0 Å². The Morgan fingerprint density at radius 2 is 1.25 bits per heavy atom. The molecule has 0 N–H and O–H groups in total. The minimum atomic E-state index is -0.284. The summed E-state index contributed by atoms with van der Waals surface area (Å²) in [5.74, 6) is 1.76. The Morgan fingerprint density at radius 3 is 2.13 bits per heavy atom. The summed E-state index contributed by atoms with van der Waals surface area (Å²) in [6.45, 7) is 11.6. The van der Waals surface area contributed by atoms with Crippen molar-refractivity contribution in [2.45, 2.75) is 45.4 Å². The summed E-state index contributed by atoms with van der Waals surface area (Å²) in [5, 5.41) is 2.58. The lowest BCUT2D eigenvalue weighted by molar-refractivity contribution is 0.471. The topological polar surface area (TPSA) is 15.7 Å². The summed E-state index contributed by atoms with van der Waals surface area (Å²) in [6, 6.07) is 51.6. The third kappa shape index (κ3) is 4.10. The lowest BCUT2D eigenvalue weighted by Gasteiger charge is -2.46. The first-order valence-corrected chi connectivity index (χ1v) is 19.3. The quantitative estimate of drug-likeness (QED) is 0.182. The number of hydrogen-bond donors (Lipinski definition) is 0. The Kier molecular flexibility index (Phi) is 6.16. The smallest absolute Gasteiger partial charge is 0.153 e. The highest BCUT2D eigenvalue weighted by Crippen LogP contribution is 2.62. The van der Waals surface area contributed by atoms with E-state index in [1.807, 2.05) is 11.3 Å². The van der Waals surface area contributed by atoms with Gasteiger partial charge in [0.25, 0.3) is 0 Å². The first-order chi connectivity index (χ1) is 25.7. The zero-order valence-electron chi connectivity index (χ0n) is 30.5. The summed E-state index contributed by atoms with van der Waals surface area (Å²) in [5.41, 5.74) is 15.6. The summed E-state index contributed by atoms with van der Waals surface area (Å²) in [7, 11) is 0. The van der Waals surface area contributed by atoms with Crippen molar-refractivity contribution in [3.63, 3.8) is 0 Å². The number of hydrogen-bond acceptors (Lipinski definition) is 4. The Bertz CT molecular complexity index is 2860. The molecule has 11 rings (SSSR count). The highest BCUT2D eigenvalue weighted by Gasteiger charge is 2.43. The maximum absolute atomic E-state index is 7.00. The molecule has 0 atom stereocenters. The van der Waals surface area contributed by atoms with Gasteiger partial charge in [-0.3, -0.25) is 0 Å². The van der Waals surface area contributed by atoms with Gasteiger partial charge in [-0.1, -0.05) is 119 Å². The SMILES string of the molecule is Cc1cccc2c1N1c3ccccc3C(C)(C)c3cc(N(c4ccc5c(c4)C(C)(C)c4ccccc4-5)c4cccc5c4sc4ccccc45)cc(c31)O2. The molecule has 3 aliphatic rings. The van der Waals surface area contributed by atoms with Crippen molar-refractivity contribution in [2.75, 3.05) is 9.80 Å². The van der Waals surface area contributed by atoms with Crippen LogP contribution in [0.2, 0.25) is 0 Å². The molecule has 0 saturated carbocycles. The van der Waals surface area contributed by atoms with Crippen LogP contribution < -0.4 is 14.5 Å². The van der Waals surface area contributed by atoms with Crippen LogP contribution in [0, 0.1) is 6.92 Å². The number of ether oxygens (including phenoxy) is 1. The molecule has 0 fully saturated rings. The van der Waals surface area contributed by atoms with E-state index in [-0.39, 0.29) is 10.8 Å². The van der Waals surface area contributed by atoms with Crippen molar-refractivity contribution in [3.05, 3.63) is 167 Å². The molecule has 256 valence electrons. The average Bonchev–Trinajstić information content (AvgIpc) is 3.66. The third-order valence-electron chi connectivity index (χ3n) is 12.1. The molecule has 2 aliphatic heterocycles. The zero-order chi connectivity index (χ0) is 35.8. The minimum absolute atomic E-state index is 0.129. The largest absolute Gasteiger partial charge is 0.453 e. The molecule has 0 spiro atoms. The molecule has 0 saturated heterocycles.